The predicted molar refractivity (Wildman–Crippen MR) is 22.2 cm³/mol. The molecule has 0 aromatic heterocycles. The van der Waals surface area contributed by atoms with Crippen molar-refractivity contribution < 1.29 is 24.6 Å². The van der Waals surface area contributed by atoms with Crippen LogP contribution in [-0.2, 0) is 24.6 Å². The van der Waals surface area contributed by atoms with Crippen LogP contribution in [0.5, 0.6) is 0 Å². The first-order valence-electron chi connectivity index (χ1n) is 1.95. The average Bonchev–Trinajstić information content (AvgIpc) is 1.35. The number of nitrogens with zero attached hydrogens (tertiary/aromatic N) is 1. The van der Waals surface area contributed by atoms with Crippen LogP contribution in [-0.4, -0.2) is 5.54 Å². The standard InChI is InChI=1S/C4H9N.Zr/c1-4(2,3)5;/h1-3H3;. The summed E-state index contributed by atoms with van der Waals surface area (Å²) in [6.07, 6.45) is 0. The van der Waals surface area contributed by atoms with Crippen LogP contribution in [0.1, 0.15) is 20.8 Å². The summed E-state index contributed by atoms with van der Waals surface area (Å²) in [5, 5.41) is 0. The van der Waals surface area contributed by atoms with Crippen LogP contribution < -0.4 is 0 Å². The second-order valence-corrected chi connectivity index (χ2v) is 2.83. The summed E-state index contributed by atoms with van der Waals surface area (Å²) in [5.74, 6) is 0. The zero-order valence-electron chi connectivity index (χ0n) is 4.45. The van der Waals surface area contributed by atoms with Gasteiger partial charge in [-0.15, -0.1) is 0 Å². The minimum atomic E-state index is 0.207. The Labute approximate surface area is 53.9 Å². The van der Waals surface area contributed by atoms with Gasteiger partial charge in [-0.1, -0.05) is 0 Å². The molecule has 0 heterocycles. The molecule has 2 heteroatoms. The second kappa shape index (κ2) is 2.11. The van der Waals surface area contributed by atoms with Crippen LogP contribution in [0, 0.1) is 0 Å². The van der Waals surface area contributed by atoms with Gasteiger partial charge in [0.2, 0.25) is 0 Å². The van der Waals surface area contributed by atoms with Crippen LogP contribution in [0.4, 0.5) is 0 Å². The molecule has 34 valence electrons. The van der Waals surface area contributed by atoms with Gasteiger partial charge in [-0.3, -0.25) is 0 Å². The summed E-state index contributed by atoms with van der Waals surface area (Å²) >= 11 is 1.28. The van der Waals surface area contributed by atoms with Gasteiger partial charge in [-0.05, 0) is 0 Å². The molecule has 0 fully saturated rings. The van der Waals surface area contributed by atoms with E-state index in [0.717, 1.165) is 0 Å². The first kappa shape index (κ1) is 6.68. The first-order valence-corrected chi connectivity index (χ1v) is 3.05. The Kier molecular flexibility index (Phi) is 2.35. The molecule has 1 nitrogen and oxygen atoms in total. The van der Waals surface area contributed by atoms with E-state index in [2.05, 4.69) is 23.6 Å². The van der Waals surface area contributed by atoms with Crippen LogP contribution in [0.3, 0.4) is 0 Å². The topological polar surface area (TPSA) is 12.4 Å². The van der Waals surface area contributed by atoms with E-state index in [9.17, 15) is 0 Å². The maximum atomic E-state index is 4.11. The van der Waals surface area contributed by atoms with Crippen molar-refractivity contribution in [3.05, 3.63) is 0 Å². The molecular weight excluding hydrogens is 153 g/mol. The van der Waals surface area contributed by atoms with Gasteiger partial charge in [0.1, 0.15) is 0 Å². The van der Waals surface area contributed by atoms with E-state index in [1.807, 2.05) is 0 Å². The van der Waals surface area contributed by atoms with Crippen molar-refractivity contribution in [2.75, 3.05) is 0 Å². The molecule has 0 saturated heterocycles. The maximum absolute atomic E-state index is 4.11. The Bertz CT molecular complexity index is 53.1. The fraction of sp³-hybridized carbons (Fsp3) is 1.00. The normalized spacial score (nSPS) is 11.0. The van der Waals surface area contributed by atoms with Crippen molar-refractivity contribution in [2.45, 2.75) is 26.3 Å². The molecule has 0 aromatic rings. The fourth-order valence-electron chi connectivity index (χ4n) is 0. The van der Waals surface area contributed by atoms with Crippen molar-refractivity contribution in [1.82, 2.24) is 0 Å². The Hall–Kier alpha value is 0.683. The molecular formula is C4H9NZr. The van der Waals surface area contributed by atoms with Crippen molar-refractivity contribution >= 4 is 0 Å². The molecule has 0 rings (SSSR count). The number of hydrogen-bond donors (Lipinski definition) is 0. The van der Waals surface area contributed by atoms with E-state index in [4.69, 9.17) is 0 Å². The van der Waals surface area contributed by atoms with Gasteiger partial charge in [0.25, 0.3) is 0 Å². The predicted octanol–water partition coefficient (Wildman–Crippen LogP) is 1.52. The Balaban J connectivity index is 3.45. The molecule has 0 amide bonds. The first-order chi connectivity index (χ1) is 2.56. The second-order valence-electron chi connectivity index (χ2n) is 2.28. The molecule has 0 aromatic carbocycles. The van der Waals surface area contributed by atoms with Gasteiger partial charge >= 0.3 is 53.7 Å². The summed E-state index contributed by atoms with van der Waals surface area (Å²) in [5.41, 5.74) is 0.207. The van der Waals surface area contributed by atoms with Crippen molar-refractivity contribution in [3.63, 3.8) is 0 Å². The van der Waals surface area contributed by atoms with E-state index < -0.39 is 0 Å². The SMILES string of the molecule is CC(C)(C)[N]=[Zr]. The van der Waals surface area contributed by atoms with Crippen molar-refractivity contribution in [3.8, 4) is 0 Å². The Morgan fingerprint density at radius 2 is 1.50 bits per heavy atom. The third kappa shape index (κ3) is 4.68. The van der Waals surface area contributed by atoms with Gasteiger partial charge in [0.05, 0.1) is 0 Å². The summed E-state index contributed by atoms with van der Waals surface area (Å²) in [4.78, 5) is 0. The van der Waals surface area contributed by atoms with E-state index in [1.165, 1.54) is 24.6 Å². The van der Waals surface area contributed by atoms with Gasteiger partial charge in [-0.2, -0.15) is 0 Å². The fourth-order valence-corrected chi connectivity index (χ4v) is 0. The van der Waals surface area contributed by atoms with Gasteiger partial charge in [0.15, 0.2) is 0 Å². The molecule has 0 spiro atoms. The molecule has 0 atom stereocenters. The summed E-state index contributed by atoms with van der Waals surface area (Å²) in [6, 6.07) is 0. The zero-order valence-corrected chi connectivity index (χ0v) is 6.91. The van der Waals surface area contributed by atoms with Gasteiger partial charge < -0.3 is 0 Å². The number of hydrogen-bond acceptors (Lipinski definition) is 1. The summed E-state index contributed by atoms with van der Waals surface area (Å²) in [6.45, 7) is 6.30. The Morgan fingerprint density at radius 3 is 1.50 bits per heavy atom. The zero-order chi connectivity index (χ0) is 5.21. The van der Waals surface area contributed by atoms with Crippen molar-refractivity contribution in [2.24, 2.45) is 2.87 Å². The molecule has 6 heavy (non-hydrogen) atoms. The summed E-state index contributed by atoms with van der Waals surface area (Å²) < 4.78 is 4.11. The van der Waals surface area contributed by atoms with Crippen LogP contribution in [0.25, 0.3) is 0 Å². The number of rotatable bonds is 0. The van der Waals surface area contributed by atoms with E-state index in [0.29, 0.717) is 0 Å². The quantitative estimate of drug-likeness (QED) is 0.512. The monoisotopic (exact) mass is 161 g/mol. The third-order valence-corrected chi connectivity index (χ3v) is 1.98. The molecule has 0 bridgehead atoms. The van der Waals surface area contributed by atoms with Crippen LogP contribution in [0.2, 0.25) is 0 Å². The molecule has 0 saturated carbocycles. The van der Waals surface area contributed by atoms with Crippen molar-refractivity contribution in [1.29, 1.82) is 0 Å². The molecule has 0 aliphatic carbocycles. The molecule has 0 aliphatic heterocycles. The molecule has 0 N–H and O–H groups in total. The van der Waals surface area contributed by atoms with Crippen LogP contribution in [0.15, 0.2) is 2.87 Å². The van der Waals surface area contributed by atoms with E-state index in [-0.39, 0.29) is 5.54 Å². The Morgan fingerprint density at radius 1 is 1.33 bits per heavy atom. The van der Waals surface area contributed by atoms with Crippen LogP contribution >= 0.6 is 0 Å². The molecule has 0 aliphatic rings. The summed E-state index contributed by atoms with van der Waals surface area (Å²) in [7, 11) is 0. The average molecular weight is 162 g/mol. The van der Waals surface area contributed by atoms with E-state index >= 15 is 0 Å². The van der Waals surface area contributed by atoms with Gasteiger partial charge in [-0.25, -0.2) is 0 Å². The minimum absolute atomic E-state index is 0.207. The van der Waals surface area contributed by atoms with E-state index in [1.54, 1.807) is 0 Å². The van der Waals surface area contributed by atoms with Gasteiger partial charge in [0, 0.05) is 0 Å². The molecule has 0 unspecified atom stereocenters. The molecule has 0 radical (unpaired) electrons. The third-order valence-electron chi connectivity index (χ3n) is 0.335.